The zero-order valence-electron chi connectivity index (χ0n) is 9.68. The van der Waals surface area contributed by atoms with Gasteiger partial charge in [0.05, 0.1) is 21.3 Å². The maximum Gasteiger partial charge on any atom is 0.258 e. The van der Waals surface area contributed by atoms with Crippen molar-refractivity contribution in [3.63, 3.8) is 0 Å². The zero-order valence-corrected chi connectivity index (χ0v) is 12.0. The molecule has 1 amide bonds. The molecule has 0 aromatic heterocycles. The second-order valence-corrected chi connectivity index (χ2v) is 5.07. The Labute approximate surface area is 128 Å². The van der Waals surface area contributed by atoms with Crippen LogP contribution in [0, 0.1) is 11.6 Å². The fourth-order valence-electron chi connectivity index (χ4n) is 1.51. The summed E-state index contributed by atoms with van der Waals surface area (Å²) in [6, 6.07) is 5.50. The van der Waals surface area contributed by atoms with Gasteiger partial charge in [0.1, 0.15) is 11.6 Å². The summed E-state index contributed by atoms with van der Waals surface area (Å²) in [4.78, 5) is 12.0. The normalized spacial score (nSPS) is 10.4. The highest BCUT2D eigenvalue weighted by Crippen LogP contribution is 2.32. The van der Waals surface area contributed by atoms with Crippen molar-refractivity contribution in [2.75, 3.05) is 5.32 Å². The number of benzene rings is 2. The van der Waals surface area contributed by atoms with Gasteiger partial charge in [-0.05, 0) is 30.3 Å². The number of nitrogens with one attached hydrogen (secondary N) is 1. The van der Waals surface area contributed by atoms with Gasteiger partial charge >= 0.3 is 0 Å². The van der Waals surface area contributed by atoms with Gasteiger partial charge in [0, 0.05) is 5.02 Å². The maximum absolute atomic E-state index is 13.5. The molecule has 7 heteroatoms. The van der Waals surface area contributed by atoms with Crippen molar-refractivity contribution in [2.24, 2.45) is 0 Å². The molecule has 0 bridgehead atoms. The lowest BCUT2D eigenvalue weighted by Gasteiger charge is -2.10. The van der Waals surface area contributed by atoms with E-state index in [0.29, 0.717) is 0 Å². The van der Waals surface area contributed by atoms with Crippen LogP contribution in [0.3, 0.4) is 0 Å². The summed E-state index contributed by atoms with van der Waals surface area (Å²) in [5, 5.41) is 2.34. The largest absolute Gasteiger partial charge is 0.319 e. The molecule has 0 heterocycles. The summed E-state index contributed by atoms with van der Waals surface area (Å²) in [5.41, 5.74) is -0.270. The molecule has 2 nitrogen and oxygen atoms in total. The lowest BCUT2D eigenvalue weighted by molar-refractivity contribution is 0.102. The van der Waals surface area contributed by atoms with E-state index in [0.717, 1.165) is 24.3 Å². The van der Waals surface area contributed by atoms with Crippen LogP contribution in [0.25, 0.3) is 0 Å². The van der Waals surface area contributed by atoms with Crippen molar-refractivity contribution in [2.45, 2.75) is 0 Å². The number of rotatable bonds is 2. The first-order valence-corrected chi connectivity index (χ1v) is 6.43. The molecule has 0 saturated heterocycles. The first-order valence-electron chi connectivity index (χ1n) is 5.29. The molecule has 1 N–H and O–H groups in total. The van der Waals surface area contributed by atoms with Gasteiger partial charge in [-0.15, -0.1) is 0 Å². The molecule has 0 unspecified atom stereocenters. The number of carbonyl (C=O) groups excluding carboxylic acids is 1. The van der Waals surface area contributed by atoms with Crippen LogP contribution in [0.2, 0.25) is 15.1 Å². The van der Waals surface area contributed by atoms with Crippen molar-refractivity contribution in [3.05, 3.63) is 62.6 Å². The van der Waals surface area contributed by atoms with Crippen LogP contribution in [0.5, 0.6) is 0 Å². The first-order chi connectivity index (χ1) is 9.38. The molecule has 0 atom stereocenters. The van der Waals surface area contributed by atoms with Crippen molar-refractivity contribution >= 4 is 46.4 Å². The molecule has 0 radical (unpaired) electrons. The lowest BCUT2D eigenvalue weighted by Crippen LogP contribution is -2.14. The topological polar surface area (TPSA) is 29.1 Å². The summed E-state index contributed by atoms with van der Waals surface area (Å²) in [6.07, 6.45) is 0. The number of halogens is 5. The quantitative estimate of drug-likeness (QED) is 0.804. The molecule has 20 heavy (non-hydrogen) atoms. The van der Waals surface area contributed by atoms with Gasteiger partial charge < -0.3 is 5.32 Å². The molecule has 0 aliphatic carbocycles. The van der Waals surface area contributed by atoms with Crippen molar-refractivity contribution < 1.29 is 13.6 Å². The molecule has 0 aliphatic heterocycles. The Morgan fingerprint density at radius 3 is 2.20 bits per heavy atom. The van der Waals surface area contributed by atoms with Gasteiger partial charge in [-0.25, -0.2) is 8.78 Å². The number of hydrogen-bond acceptors (Lipinski definition) is 1. The van der Waals surface area contributed by atoms with Gasteiger partial charge in [0.15, 0.2) is 0 Å². The average Bonchev–Trinajstić information content (AvgIpc) is 2.36. The van der Waals surface area contributed by atoms with Gasteiger partial charge in [0.2, 0.25) is 0 Å². The van der Waals surface area contributed by atoms with E-state index in [-0.39, 0.29) is 26.3 Å². The third-order valence-corrected chi connectivity index (χ3v) is 3.25. The zero-order chi connectivity index (χ0) is 14.9. The predicted octanol–water partition coefficient (Wildman–Crippen LogP) is 5.18. The molecular weight excluding hydrogens is 331 g/mol. The van der Waals surface area contributed by atoms with Crippen molar-refractivity contribution in [1.82, 2.24) is 0 Å². The molecule has 0 aliphatic rings. The lowest BCUT2D eigenvalue weighted by atomic mass is 10.2. The molecule has 104 valence electrons. The Hall–Kier alpha value is -1.36. The van der Waals surface area contributed by atoms with Gasteiger partial charge in [-0.3, -0.25) is 4.79 Å². The second-order valence-electron chi connectivity index (χ2n) is 3.82. The Morgan fingerprint density at radius 1 is 1.00 bits per heavy atom. The van der Waals surface area contributed by atoms with E-state index in [1.165, 1.54) is 6.07 Å². The van der Waals surface area contributed by atoms with Crippen LogP contribution in [0.15, 0.2) is 30.3 Å². The highest BCUT2D eigenvalue weighted by molar-refractivity contribution is 6.40. The van der Waals surface area contributed by atoms with E-state index < -0.39 is 17.5 Å². The SMILES string of the molecule is O=C(Nc1c(Cl)cc(F)cc1Cl)c1cc(Cl)ccc1F. The van der Waals surface area contributed by atoms with E-state index in [2.05, 4.69) is 5.32 Å². The third kappa shape index (κ3) is 3.20. The Bertz CT molecular complexity index is 668. The van der Waals surface area contributed by atoms with Crippen LogP contribution in [0.4, 0.5) is 14.5 Å². The molecule has 2 aromatic carbocycles. The third-order valence-electron chi connectivity index (χ3n) is 2.42. The number of anilines is 1. The summed E-state index contributed by atoms with van der Waals surface area (Å²) in [7, 11) is 0. The molecule has 2 rings (SSSR count). The molecule has 0 fully saturated rings. The summed E-state index contributed by atoms with van der Waals surface area (Å²) >= 11 is 17.3. The Kier molecular flexibility index (Phi) is 4.48. The van der Waals surface area contributed by atoms with E-state index in [1.807, 2.05) is 0 Å². The smallest absolute Gasteiger partial charge is 0.258 e. The predicted molar refractivity (Wildman–Crippen MR) is 75.8 cm³/mol. The Balaban J connectivity index is 2.35. The van der Waals surface area contributed by atoms with Crippen LogP contribution < -0.4 is 5.32 Å². The Morgan fingerprint density at radius 2 is 1.60 bits per heavy atom. The van der Waals surface area contributed by atoms with Gasteiger partial charge in [-0.1, -0.05) is 34.8 Å². The summed E-state index contributed by atoms with van der Waals surface area (Å²) in [5.74, 6) is -2.19. The van der Waals surface area contributed by atoms with Crippen LogP contribution >= 0.6 is 34.8 Å². The minimum absolute atomic E-state index is 0.000825. The van der Waals surface area contributed by atoms with E-state index in [1.54, 1.807) is 0 Å². The van der Waals surface area contributed by atoms with Gasteiger partial charge in [0.25, 0.3) is 5.91 Å². The molecule has 0 spiro atoms. The van der Waals surface area contributed by atoms with Gasteiger partial charge in [-0.2, -0.15) is 0 Å². The highest BCUT2D eigenvalue weighted by Gasteiger charge is 2.16. The molecule has 0 saturated carbocycles. The van der Waals surface area contributed by atoms with E-state index in [4.69, 9.17) is 34.8 Å². The monoisotopic (exact) mass is 335 g/mol. The first kappa shape index (κ1) is 15.0. The highest BCUT2D eigenvalue weighted by atomic mass is 35.5. The van der Waals surface area contributed by atoms with E-state index >= 15 is 0 Å². The number of amides is 1. The number of carbonyl (C=O) groups is 1. The fraction of sp³-hybridized carbons (Fsp3) is 0. The maximum atomic E-state index is 13.5. The van der Waals surface area contributed by atoms with Crippen molar-refractivity contribution in [3.8, 4) is 0 Å². The van der Waals surface area contributed by atoms with Crippen LogP contribution in [0.1, 0.15) is 10.4 Å². The standard InChI is InChI=1S/C13H6Cl3F2NO/c14-6-1-2-11(18)8(3-6)13(20)19-12-9(15)4-7(17)5-10(12)16/h1-5H,(H,19,20). The summed E-state index contributed by atoms with van der Waals surface area (Å²) < 4.78 is 26.6. The number of hydrogen-bond donors (Lipinski definition) is 1. The average molecular weight is 337 g/mol. The van der Waals surface area contributed by atoms with Crippen LogP contribution in [-0.2, 0) is 0 Å². The molecule has 2 aromatic rings. The molecular formula is C13H6Cl3F2NO. The minimum atomic E-state index is -0.791. The fourth-order valence-corrected chi connectivity index (χ4v) is 2.24. The summed E-state index contributed by atoms with van der Waals surface area (Å²) in [6.45, 7) is 0. The van der Waals surface area contributed by atoms with Crippen LogP contribution in [-0.4, -0.2) is 5.91 Å². The minimum Gasteiger partial charge on any atom is -0.319 e. The second kappa shape index (κ2) is 5.95. The van der Waals surface area contributed by atoms with E-state index in [9.17, 15) is 13.6 Å². The van der Waals surface area contributed by atoms with Crippen molar-refractivity contribution in [1.29, 1.82) is 0 Å².